The molecule has 7 nitrogen and oxygen atoms in total. The van der Waals surface area contributed by atoms with E-state index in [0.717, 1.165) is 35.5 Å². The van der Waals surface area contributed by atoms with E-state index in [-0.39, 0.29) is 5.69 Å². The van der Waals surface area contributed by atoms with Crippen molar-refractivity contribution >= 4 is 11.2 Å². The zero-order valence-corrected chi connectivity index (χ0v) is 21.6. The van der Waals surface area contributed by atoms with Gasteiger partial charge in [0.15, 0.2) is 11.5 Å². The van der Waals surface area contributed by atoms with E-state index in [9.17, 15) is 4.79 Å². The molecule has 3 heterocycles. The third-order valence-corrected chi connectivity index (χ3v) is 7.18. The number of rotatable bonds is 7. The highest BCUT2D eigenvalue weighted by molar-refractivity contribution is 5.74. The van der Waals surface area contributed by atoms with Gasteiger partial charge in [-0.15, -0.1) is 0 Å². The van der Waals surface area contributed by atoms with Crippen molar-refractivity contribution in [2.24, 2.45) is 13.0 Å². The molecule has 4 aromatic rings. The Balaban J connectivity index is 1.39. The molecular formula is C29H35N5O2. The third kappa shape index (κ3) is 4.93. The molecule has 7 heteroatoms. The molecule has 0 amide bonds. The number of nitrogens with zero attached hydrogens (tertiary/aromatic N) is 5. The largest absolute Gasteiger partial charge is 0.493 e. The quantitative estimate of drug-likeness (QED) is 0.380. The SMILES string of the molecule is CC(C)c1ccccc1-c1ncc2c(n1)n(Cc1ccc(OCC3CCCN(C)C3)cc1)c(=O)n2C. The second kappa shape index (κ2) is 10.3. The van der Waals surface area contributed by atoms with Crippen LogP contribution in [-0.4, -0.2) is 50.7 Å². The van der Waals surface area contributed by atoms with Crippen LogP contribution in [0.2, 0.25) is 0 Å². The van der Waals surface area contributed by atoms with E-state index < -0.39 is 0 Å². The van der Waals surface area contributed by atoms with E-state index in [1.54, 1.807) is 22.4 Å². The molecule has 0 aliphatic carbocycles. The highest BCUT2D eigenvalue weighted by Crippen LogP contribution is 2.27. The van der Waals surface area contributed by atoms with Crippen LogP contribution in [0.15, 0.2) is 59.5 Å². The van der Waals surface area contributed by atoms with Crippen molar-refractivity contribution in [2.45, 2.75) is 39.2 Å². The van der Waals surface area contributed by atoms with Crippen LogP contribution in [0.25, 0.3) is 22.6 Å². The van der Waals surface area contributed by atoms with E-state index in [4.69, 9.17) is 9.72 Å². The summed E-state index contributed by atoms with van der Waals surface area (Å²) in [6.07, 6.45) is 4.21. The molecule has 1 fully saturated rings. The summed E-state index contributed by atoms with van der Waals surface area (Å²) in [6, 6.07) is 16.3. The maximum Gasteiger partial charge on any atom is 0.330 e. The van der Waals surface area contributed by atoms with Gasteiger partial charge in [-0.25, -0.2) is 14.8 Å². The molecule has 2 aromatic heterocycles. The number of aryl methyl sites for hydroxylation is 1. The van der Waals surface area contributed by atoms with Crippen molar-refractivity contribution in [3.05, 3.63) is 76.3 Å². The molecule has 1 unspecified atom stereocenters. The minimum absolute atomic E-state index is 0.102. The van der Waals surface area contributed by atoms with Gasteiger partial charge >= 0.3 is 5.69 Å². The number of hydrogen-bond donors (Lipinski definition) is 0. The van der Waals surface area contributed by atoms with Crippen LogP contribution in [0.3, 0.4) is 0 Å². The lowest BCUT2D eigenvalue weighted by atomic mass is 9.97. The van der Waals surface area contributed by atoms with Crippen LogP contribution in [-0.2, 0) is 13.6 Å². The standard InChI is InChI=1S/C29H35N5O2/c1-20(2)24-9-5-6-10-25(24)27-30-16-26-28(31-27)34(29(35)33(26)4)18-21-11-13-23(14-12-21)36-19-22-8-7-15-32(3)17-22/h5-6,9-14,16,20,22H,7-8,15,17-19H2,1-4H3. The number of likely N-dealkylation sites (tertiary alicyclic amines) is 1. The second-order valence-electron chi connectivity index (χ2n) is 10.3. The van der Waals surface area contributed by atoms with Crippen LogP contribution >= 0.6 is 0 Å². The first kappa shape index (κ1) is 24.3. The predicted molar refractivity (Wildman–Crippen MR) is 144 cm³/mol. The number of fused-ring (bicyclic) bond motifs is 1. The Hall–Kier alpha value is -3.45. The maximum atomic E-state index is 13.1. The van der Waals surface area contributed by atoms with Gasteiger partial charge in [-0.2, -0.15) is 0 Å². The van der Waals surface area contributed by atoms with Gasteiger partial charge in [-0.1, -0.05) is 50.2 Å². The Kier molecular flexibility index (Phi) is 6.92. The van der Waals surface area contributed by atoms with Crippen LogP contribution in [0.1, 0.15) is 43.7 Å². The summed E-state index contributed by atoms with van der Waals surface area (Å²) in [4.78, 5) is 25.0. The van der Waals surface area contributed by atoms with Crippen molar-refractivity contribution in [1.29, 1.82) is 0 Å². The Morgan fingerprint density at radius 2 is 1.86 bits per heavy atom. The number of piperidine rings is 1. The first-order valence-corrected chi connectivity index (χ1v) is 12.8. The molecule has 0 N–H and O–H groups in total. The van der Waals surface area contributed by atoms with E-state index in [0.29, 0.717) is 29.9 Å². The van der Waals surface area contributed by atoms with Crippen molar-refractivity contribution in [2.75, 3.05) is 26.7 Å². The van der Waals surface area contributed by atoms with Crippen molar-refractivity contribution < 1.29 is 4.74 Å². The summed E-state index contributed by atoms with van der Waals surface area (Å²) in [6.45, 7) is 7.77. The molecule has 0 spiro atoms. The lowest BCUT2D eigenvalue weighted by Gasteiger charge is -2.29. The fourth-order valence-electron chi connectivity index (χ4n) is 5.15. The molecule has 5 rings (SSSR count). The summed E-state index contributed by atoms with van der Waals surface area (Å²) in [5.74, 6) is 2.43. The minimum Gasteiger partial charge on any atom is -0.493 e. The smallest absolute Gasteiger partial charge is 0.330 e. The van der Waals surface area contributed by atoms with Crippen molar-refractivity contribution in [3.8, 4) is 17.1 Å². The van der Waals surface area contributed by atoms with Crippen LogP contribution in [0, 0.1) is 5.92 Å². The molecule has 1 saturated heterocycles. The van der Waals surface area contributed by atoms with Crippen LogP contribution < -0.4 is 10.4 Å². The number of ether oxygens (including phenoxy) is 1. The molecule has 2 aromatic carbocycles. The first-order chi connectivity index (χ1) is 17.4. The Morgan fingerprint density at radius 1 is 1.08 bits per heavy atom. The fraction of sp³-hybridized carbons (Fsp3) is 0.414. The van der Waals surface area contributed by atoms with E-state index in [2.05, 4.69) is 36.8 Å². The Labute approximate surface area is 212 Å². The van der Waals surface area contributed by atoms with Gasteiger partial charge in [0.2, 0.25) is 0 Å². The summed E-state index contributed by atoms with van der Waals surface area (Å²) in [5.41, 5.74) is 4.49. The van der Waals surface area contributed by atoms with E-state index in [1.165, 1.54) is 24.9 Å². The van der Waals surface area contributed by atoms with Crippen molar-refractivity contribution in [1.82, 2.24) is 24.0 Å². The highest BCUT2D eigenvalue weighted by atomic mass is 16.5. The monoisotopic (exact) mass is 485 g/mol. The van der Waals surface area contributed by atoms with Crippen molar-refractivity contribution in [3.63, 3.8) is 0 Å². The minimum atomic E-state index is -0.102. The normalized spacial score (nSPS) is 16.6. The number of benzene rings is 2. The summed E-state index contributed by atoms with van der Waals surface area (Å²) in [7, 11) is 3.94. The molecule has 1 aliphatic rings. The van der Waals surface area contributed by atoms with Gasteiger partial charge in [0.1, 0.15) is 11.3 Å². The average molecular weight is 486 g/mol. The molecule has 1 aliphatic heterocycles. The van der Waals surface area contributed by atoms with E-state index >= 15 is 0 Å². The highest BCUT2D eigenvalue weighted by Gasteiger charge is 2.19. The van der Waals surface area contributed by atoms with E-state index in [1.807, 2.05) is 42.5 Å². The Morgan fingerprint density at radius 3 is 2.61 bits per heavy atom. The van der Waals surface area contributed by atoms with Gasteiger partial charge in [-0.05, 0) is 55.6 Å². The molecular weight excluding hydrogens is 450 g/mol. The topological polar surface area (TPSA) is 65.2 Å². The molecule has 188 valence electrons. The van der Waals surface area contributed by atoms with Crippen LogP contribution in [0.5, 0.6) is 5.75 Å². The summed E-state index contributed by atoms with van der Waals surface area (Å²) < 4.78 is 9.42. The molecule has 0 bridgehead atoms. The van der Waals surface area contributed by atoms with Gasteiger partial charge in [-0.3, -0.25) is 9.13 Å². The zero-order valence-electron chi connectivity index (χ0n) is 21.6. The Bertz CT molecular complexity index is 1400. The molecule has 36 heavy (non-hydrogen) atoms. The van der Waals surface area contributed by atoms with Crippen LogP contribution in [0.4, 0.5) is 0 Å². The number of hydrogen-bond acceptors (Lipinski definition) is 5. The lowest BCUT2D eigenvalue weighted by molar-refractivity contribution is 0.150. The lowest BCUT2D eigenvalue weighted by Crippen LogP contribution is -2.34. The number of imidazole rings is 1. The summed E-state index contributed by atoms with van der Waals surface area (Å²) in [5, 5.41) is 0. The average Bonchev–Trinajstić information content (AvgIpc) is 3.12. The van der Waals surface area contributed by atoms with Gasteiger partial charge < -0.3 is 9.64 Å². The predicted octanol–water partition coefficient (Wildman–Crippen LogP) is 4.69. The summed E-state index contributed by atoms with van der Waals surface area (Å²) >= 11 is 0. The van der Waals surface area contributed by atoms with Gasteiger partial charge in [0, 0.05) is 25.1 Å². The second-order valence-corrected chi connectivity index (χ2v) is 10.3. The molecule has 0 radical (unpaired) electrons. The fourth-order valence-corrected chi connectivity index (χ4v) is 5.15. The maximum absolute atomic E-state index is 13.1. The first-order valence-electron chi connectivity index (χ1n) is 12.8. The number of aromatic nitrogens is 4. The third-order valence-electron chi connectivity index (χ3n) is 7.18. The van der Waals surface area contributed by atoms with Gasteiger partial charge in [0.05, 0.1) is 19.3 Å². The molecule has 0 saturated carbocycles. The van der Waals surface area contributed by atoms with Gasteiger partial charge in [0.25, 0.3) is 0 Å². The zero-order chi connectivity index (χ0) is 25.2. The molecule has 1 atom stereocenters.